The highest BCUT2D eigenvalue weighted by Crippen LogP contribution is 2.40. The molecular weight excluding hydrogens is 537 g/mol. The summed E-state index contributed by atoms with van der Waals surface area (Å²) in [7, 11) is 0. The van der Waals surface area contributed by atoms with Crippen molar-refractivity contribution >= 4 is 52.2 Å². The Morgan fingerprint density at radius 3 is 2.51 bits per heavy atom. The number of carbonyl (C=O) groups is 2. The molecule has 2 amide bonds. The summed E-state index contributed by atoms with van der Waals surface area (Å²) in [5.41, 5.74) is 2.14. The van der Waals surface area contributed by atoms with Gasteiger partial charge in [0.1, 0.15) is 6.61 Å². The molecular formula is C27H21Cl2NO6S. The quantitative estimate of drug-likeness (QED) is 0.278. The summed E-state index contributed by atoms with van der Waals surface area (Å²) in [5, 5.41) is 0.630. The molecule has 0 aliphatic carbocycles. The monoisotopic (exact) mass is 557 g/mol. The van der Waals surface area contributed by atoms with Gasteiger partial charge < -0.3 is 18.9 Å². The summed E-state index contributed by atoms with van der Waals surface area (Å²) in [6.45, 7) is 2.71. The maximum absolute atomic E-state index is 13.1. The number of hydrogen-bond acceptors (Lipinski definition) is 7. The Balaban J connectivity index is 1.33. The van der Waals surface area contributed by atoms with E-state index in [0.717, 1.165) is 22.2 Å². The fourth-order valence-corrected chi connectivity index (χ4v) is 5.05. The van der Waals surface area contributed by atoms with Crippen molar-refractivity contribution in [2.45, 2.75) is 20.1 Å². The molecule has 0 saturated carbocycles. The third-order valence-corrected chi connectivity index (χ3v) is 7.28. The van der Waals surface area contributed by atoms with Gasteiger partial charge >= 0.3 is 0 Å². The van der Waals surface area contributed by atoms with Crippen LogP contribution in [0.1, 0.15) is 23.6 Å². The summed E-state index contributed by atoms with van der Waals surface area (Å²) in [5.74, 6) is 1.73. The first-order valence-corrected chi connectivity index (χ1v) is 13.0. The number of imide groups is 1. The molecule has 7 nitrogen and oxygen atoms in total. The zero-order chi connectivity index (χ0) is 25.9. The fourth-order valence-electron chi connectivity index (χ4n) is 3.81. The second-order valence-electron chi connectivity index (χ2n) is 8.08. The minimum absolute atomic E-state index is 0.0243. The Bertz CT molecular complexity index is 1410. The number of benzene rings is 3. The van der Waals surface area contributed by atoms with Gasteiger partial charge in [-0.2, -0.15) is 0 Å². The van der Waals surface area contributed by atoms with Crippen LogP contribution in [0.4, 0.5) is 4.79 Å². The van der Waals surface area contributed by atoms with Crippen LogP contribution in [0.15, 0.2) is 59.5 Å². The van der Waals surface area contributed by atoms with Gasteiger partial charge in [0, 0.05) is 21.7 Å². The molecule has 190 valence electrons. The van der Waals surface area contributed by atoms with Crippen LogP contribution in [0.3, 0.4) is 0 Å². The molecule has 0 aromatic heterocycles. The smallest absolute Gasteiger partial charge is 0.293 e. The second kappa shape index (κ2) is 11.0. The average Bonchev–Trinajstić information content (AvgIpc) is 3.43. The predicted octanol–water partition coefficient (Wildman–Crippen LogP) is 6.94. The number of hydrogen-bond donors (Lipinski definition) is 0. The molecule has 0 N–H and O–H groups in total. The van der Waals surface area contributed by atoms with Crippen molar-refractivity contribution in [3.05, 3.63) is 86.2 Å². The lowest BCUT2D eigenvalue weighted by molar-refractivity contribution is -0.123. The number of ether oxygens (including phenoxy) is 4. The number of amides is 2. The molecule has 0 bridgehead atoms. The summed E-state index contributed by atoms with van der Waals surface area (Å²) in [6, 6.07) is 16.1. The Morgan fingerprint density at radius 2 is 1.73 bits per heavy atom. The Labute approximate surface area is 227 Å². The van der Waals surface area contributed by atoms with Crippen molar-refractivity contribution in [2.75, 3.05) is 13.4 Å². The zero-order valence-electron chi connectivity index (χ0n) is 19.7. The van der Waals surface area contributed by atoms with Gasteiger partial charge in [0.05, 0.1) is 18.1 Å². The molecule has 0 atom stereocenters. The fraction of sp³-hybridized carbons (Fsp3) is 0.185. The van der Waals surface area contributed by atoms with E-state index in [1.165, 1.54) is 0 Å². The number of halogens is 2. The van der Waals surface area contributed by atoms with Gasteiger partial charge in [0.2, 0.25) is 6.79 Å². The number of carbonyl (C=O) groups excluding carboxylic acids is 2. The summed E-state index contributed by atoms with van der Waals surface area (Å²) < 4.78 is 22.4. The molecule has 3 aromatic rings. The number of nitrogens with zero attached hydrogens (tertiary/aromatic N) is 1. The van der Waals surface area contributed by atoms with E-state index in [0.29, 0.717) is 55.7 Å². The number of fused-ring (bicyclic) bond motifs is 1. The van der Waals surface area contributed by atoms with Crippen LogP contribution in [-0.2, 0) is 17.9 Å². The van der Waals surface area contributed by atoms with Gasteiger partial charge in [0.25, 0.3) is 11.1 Å². The Hall–Kier alpha value is -3.33. The predicted molar refractivity (Wildman–Crippen MR) is 142 cm³/mol. The van der Waals surface area contributed by atoms with Crippen molar-refractivity contribution in [1.29, 1.82) is 0 Å². The van der Waals surface area contributed by atoms with Crippen molar-refractivity contribution in [3.8, 4) is 23.0 Å². The third-order valence-electron chi connectivity index (χ3n) is 5.65. The summed E-state index contributed by atoms with van der Waals surface area (Å²) >= 11 is 13.4. The highest BCUT2D eigenvalue weighted by atomic mass is 35.5. The van der Waals surface area contributed by atoms with E-state index >= 15 is 0 Å². The maximum Gasteiger partial charge on any atom is 0.293 e. The summed E-state index contributed by atoms with van der Waals surface area (Å²) in [4.78, 5) is 27.2. The standard InChI is InChI=1S/C27H21Cl2NO6S/c1-2-33-22-9-16(7-8-21(22)34-14-17-5-3-4-6-19(17)28)10-25-26(31)30(27(32)37-25)13-18-11-23-24(12-20(18)29)36-15-35-23/h3-12H,2,13-15H2,1H3/b25-10+. The van der Waals surface area contributed by atoms with Crippen LogP contribution in [0.25, 0.3) is 6.08 Å². The van der Waals surface area contributed by atoms with Crippen LogP contribution >= 0.6 is 35.0 Å². The van der Waals surface area contributed by atoms with E-state index in [9.17, 15) is 9.59 Å². The number of rotatable bonds is 8. The van der Waals surface area contributed by atoms with Crippen molar-refractivity contribution < 1.29 is 28.5 Å². The molecule has 2 aliphatic rings. The first-order chi connectivity index (χ1) is 17.9. The molecule has 5 rings (SSSR count). The van der Waals surface area contributed by atoms with Gasteiger partial charge in [0.15, 0.2) is 23.0 Å². The molecule has 3 aromatic carbocycles. The van der Waals surface area contributed by atoms with Crippen LogP contribution in [-0.4, -0.2) is 29.4 Å². The highest BCUT2D eigenvalue weighted by Gasteiger charge is 2.35. The largest absolute Gasteiger partial charge is 0.490 e. The van der Waals surface area contributed by atoms with Crippen molar-refractivity contribution in [2.24, 2.45) is 0 Å². The Kier molecular flexibility index (Phi) is 7.50. The lowest BCUT2D eigenvalue weighted by Gasteiger charge is -2.14. The lowest BCUT2D eigenvalue weighted by atomic mass is 10.1. The van der Waals surface area contributed by atoms with Crippen molar-refractivity contribution in [3.63, 3.8) is 0 Å². The van der Waals surface area contributed by atoms with Gasteiger partial charge in [-0.1, -0.05) is 47.5 Å². The van der Waals surface area contributed by atoms with E-state index in [4.69, 9.17) is 42.1 Å². The van der Waals surface area contributed by atoms with Gasteiger partial charge in [-0.25, -0.2) is 0 Å². The van der Waals surface area contributed by atoms with Crippen LogP contribution in [0.5, 0.6) is 23.0 Å². The van der Waals surface area contributed by atoms with E-state index < -0.39 is 5.91 Å². The average molecular weight is 558 g/mol. The molecule has 0 unspecified atom stereocenters. The van der Waals surface area contributed by atoms with Crippen LogP contribution < -0.4 is 18.9 Å². The maximum atomic E-state index is 13.1. The number of thioether (sulfide) groups is 1. The minimum Gasteiger partial charge on any atom is -0.490 e. The van der Waals surface area contributed by atoms with E-state index in [1.54, 1.807) is 42.5 Å². The first-order valence-electron chi connectivity index (χ1n) is 11.4. The molecule has 2 aliphatic heterocycles. The van der Waals surface area contributed by atoms with Crippen molar-refractivity contribution in [1.82, 2.24) is 4.90 Å². The van der Waals surface area contributed by atoms with Gasteiger partial charge in [-0.15, -0.1) is 0 Å². The topological polar surface area (TPSA) is 74.3 Å². The molecule has 0 spiro atoms. The van der Waals surface area contributed by atoms with Crippen LogP contribution in [0, 0.1) is 0 Å². The van der Waals surface area contributed by atoms with Gasteiger partial charge in [-0.3, -0.25) is 14.5 Å². The zero-order valence-corrected chi connectivity index (χ0v) is 22.0. The SMILES string of the molecule is CCOc1cc(/C=C2/SC(=O)N(Cc3cc4c(cc3Cl)OCO4)C2=O)ccc1OCc1ccccc1Cl. The van der Waals surface area contributed by atoms with Gasteiger partial charge in [-0.05, 0) is 60.2 Å². The second-order valence-corrected chi connectivity index (χ2v) is 9.89. The minimum atomic E-state index is -0.402. The molecule has 1 fully saturated rings. The third kappa shape index (κ3) is 5.51. The molecule has 0 radical (unpaired) electrons. The van der Waals surface area contributed by atoms with E-state index in [1.807, 2.05) is 25.1 Å². The normalized spacial score (nSPS) is 15.5. The van der Waals surface area contributed by atoms with Crippen LogP contribution in [0.2, 0.25) is 10.0 Å². The van der Waals surface area contributed by atoms with E-state index in [-0.39, 0.29) is 25.2 Å². The highest BCUT2D eigenvalue weighted by molar-refractivity contribution is 8.18. The molecule has 1 saturated heterocycles. The summed E-state index contributed by atoms with van der Waals surface area (Å²) in [6.07, 6.45) is 1.66. The van der Waals surface area contributed by atoms with E-state index in [2.05, 4.69) is 0 Å². The molecule has 2 heterocycles. The first kappa shape index (κ1) is 25.3. The molecule has 10 heteroatoms. The lowest BCUT2D eigenvalue weighted by Crippen LogP contribution is -2.27. The Morgan fingerprint density at radius 1 is 0.946 bits per heavy atom. The molecule has 37 heavy (non-hydrogen) atoms.